The van der Waals surface area contributed by atoms with Gasteiger partial charge in [0.1, 0.15) is 5.56 Å². The smallest absolute Gasteiger partial charge is 0.382 e. The maximum absolute atomic E-state index is 13.0. The minimum Gasteiger partial charge on any atom is -0.382 e. The first-order chi connectivity index (χ1) is 10.9. The van der Waals surface area contributed by atoms with E-state index in [0.717, 1.165) is 11.0 Å². The number of anilines is 1. The van der Waals surface area contributed by atoms with Gasteiger partial charge < -0.3 is 10.0 Å². The van der Waals surface area contributed by atoms with Gasteiger partial charge in [-0.2, -0.15) is 26.3 Å². The van der Waals surface area contributed by atoms with Crippen LogP contribution in [-0.4, -0.2) is 34.9 Å². The molecular formula is C13H12F6N2O3. The summed E-state index contributed by atoms with van der Waals surface area (Å²) in [5, 5.41) is 20.1. The number of rotatable bonds is 3. The highest BCUT2D eigenvalue weighted by Gasteiger charge is 2.47. The number of nitro groups is 1. The molecule has 2 rings (SSSR count). The molecule has 5 nitrogen and oxygen atoms in total. The van der Waals surface area contributed by atoms with Crippen LogP contribution in [0.15, 0.2) is 18.2 Å². The van der Waals surface area contributed by atoms with Gasteiger partial charge in [-0.05, 0) is 25.0 Å². The number of benzene rings is 1. The Labute approximate surface area is 131 Å². The molecule has 1 unspecified atom stereocenters. The summed E-state index contributed by atoms with van der Waals surface area (Å²) >= 11 is 0. The molecule has 0 aromatic heterocycles. The van der Waals surface area contributed by atoms with E-state index in [2.05, 4.69) is 0 Å². The van der Waals surface area contributed by atoms with Crippen molar-refractivity contribution >= 4 is 11.4 Å². The molecule has 134 valence electrons. The number of halogens is 6. The van der Waals surface area contributed by atoms with Gasteiger partial charge in [0.25, 0.3) is 5.69 Å². The maximum atomic E-state index is 13.0. The van der Waals surface area contributed by atoms with E-state index in [-0.39, 0.29) is 25.1 Å². The lowest BCUT2D eigenvalue weighted by molar-refractivity contribution is -0.388. The van der Waals surface area contributed by atoms with Gasteiger partial charge in [0.05, 0.1) is 11.0 Å². The van der Waals surface area contributed by atoms with Gasteiger partial charge in [-0.3, -0.25) is 10.1 Å². The number of alkyl halides is 6. The average Bonchev–Trinajstić information content (AvgIpc) is 2.92. The van der Waals surface area contributed by atoms with E-state index in [9.17, 15) is 41.6 Å². The minimum atomic E-state index is -5.03. The van der Waals surface area contributed by atoms with Crippen molar-refractivity contribution in [2.24, 2.45) is 0 Å². The molecular weight excluding hydrogens is 346 g/mol. The van der Waals surface area contributed by atoms with Gasteiger partial charge in [0.2, 0.25) is 0 Å². The van der Waals surface area contributed by atoms with Crippen LogP contribution in [0.4, 0.5) is 37.7 Å². The highest BCUT2D eigenvalue weighted by molar-refractivity contribution is 5.58. The first-order valence-corrected chi connectivity index (χ1v) is 6.80. The molecule has 24 heavy (non-hydrogen) atoms. The highest BCUT2D eigenvalue weighted by atomic mass is 19.4. The molecule has 0 bridgehead atoms. The number of aliphatic hydroxyl groups excluding tert-OH is 1. The summed E-state index contributed by atoms with van der Waals surface area (Å²) in [6, 6.07) is 0.564. The molecule has 1 aliphatic rings. The summed E-state index contributed by atoms with van der Waals surface area (Å²) in [4.78, 5) is 10.5. The van der Waals surface area contributed by atoms with E-state index in [0.29, 0.717) is 12.1 Å². The SMILES string of the molecule is O=[N+]([O-])c1ccc(N2CCCC2[C@H](O)C(F)(F)F)cc1C(F)(F)F. The largest absolute Gasteiger partial charge is 0.423 e. The molecule has 0 spiro atoms. The van der Waals surface area contributed by atoms with Crippen molar-refractivity contribution < 1.29 is 36.4 Å². The summed E-state index contributed by atoms with van der Waals surface area (Å²) in [5.74, 6) is 0. The molecule has 1 heterocycles. The first kappa shape index (κ1) is 18.3. The van der Waals surface area contributed by atoms with Crippen molar-refractivity contribution in [3.63, 3.8) is 0 Å². The predicted octanol–water partition coefficient (Wildman–Crippen LogP) is 3.51. The Hall–Kier alpha value is -2.04. The van der Waals surface area contributed by atoms with Crippen molar-refractivity contribution in [2.75, 3.05) is 11.4 Å². The fourth-order valence-electron chi connectivity index (χ4n) is 2.75. The quantitative estimate of drug-likeness (QED) is 0.510. The first-order valence-electron chi connectivity index (χ1n) is 6.80. The van der Waals surface area contributed by atoms with E-state index in [1.807, 2.05) is 0 Å². The lowest BCUT2D eigenvalue weighted by atomic mass is 10.1. The zero-order valence-electron chi connectivity index (χ0n) is 11.9. The van der Waals surface area contributed by atoms with Gasteiger partial charge in [-0.1, -0.05) is 0 Å². The minimum absolute atomic E-state index is 0.00686. The van der Waals surface area contributed by atoms with Crippen LogP contribution >= 0.6 is 0 Å². The van der Waals surface area contributed by atoms with Crippen LogP contribution in [0, 0.1) is 10.1 Å². The normalized spacial score (nSPS) is 20.3. The Balaban J connectivity index is 2.43. The van der Waals surface area contributed by atoms with Crippen molar-refractivity contribution in [1.29, 1.82) is 0 Å². The molecule has 0 radical (unpaired) electrons. The lowest BCUT2D eigenvalue weighted by Crippen LogP contribution is -2.47. The molecule has 0 saturated carbocycles. The molecule has 2 atom stereocenters. The van der Waals surface area contributed by atoms with Crippen molar-refractivity contribution in [3.05, 3.63) is 33.9 Å². The molecule has 1 aliphatic heterocycles. The summed E-state index contributed by atoms with van der Waals surface area (Å²) in [6.45, 7) is 0.00686. The summed E-state index contributed by atoms with van der Waals surface area (Å²) in [5.41, 5.74) is -2.98. The third-order valence-electron chi connectivity index (χ3n) is 3.81. The monoisotopic (exact) mass is 358 g/mol. The molecule has 1 aromatic carbocycles. The topological polar surface area (TPSA) is 66.6 Å². The van der Waals surface area contributed by atoms with E-state index >= 15 is 0 Å². The molecule has 1 fully saturated rings. The van der Waals surface area contributed by atoms with E-state index in [1.54, 1.807) is 0 Å². The van der Waals surface area contributed by atoms with Gasteiger partial charge in [-0.25, -0.2) is 0 Å². The third kappa shape index (κ3) is 3.55. The zero-order valence-corrected chi connectivity index (χ0v) is 11.9. The Morgan fingerprint density at radius 1 is 1.25 bits per heavy atom. The maximum Gasteiger partial charge on any atom is 0.423 e. The van der Waals surface area contributed by atoms with Crippen molar-refractivity contribution in [2.45, 2.75) is 37.3 Å². The van der Waals surface area contributed by atoms with Crippen LogP contribution in [0.2, 0.25) is 0 Å². The van der Waals surface area contributed by atoms with Crippen molar-refractivity contribution in [1.82, 2.24) is 0 Å². The molecule has 1 aromatic rings. The molecule has 1 N–H and O–H groups in total. The molecule has 11 heteroatoms. The number of hydrogen-bond acceptors (Lipinski definition) is 4. The summed E-state index contributed by atoms with van der Waals surface area (Å²) in [7, 11) is 0. The average molecular weight is 358 g/mol. The van der Waals surface area contributed by atoms with Crippen LogP contribution in [0.3, 0.4) is 0 Å². The van der Waals surface area contributed by atoms with Crippen molar-refractivity contribution in [3.8, 4) is 0 Å². The van der Waals surface area contributed by atoms with Gasteiger partial charge >= 0.3 is 12.4 Å². The fraction of sp³-hybridized carbons (Fsp3) is 0.538. The van der Waals surface area contributed by atoms with E-state index < -0.39 is 40.7 Å². The van der Waals surface area contributed by atoms with Crippen LogP contribution in [-0.2, 0) is 6.18 Å². The van der Waals surface area contributed by atoms with E-state index in [4.69, 9.17) is 0 Å². The standard InChI is InChI=1S/C13H12F6N2O3/c14-12(15,16)8-6-7(3-4-9(8)21(23)24)20-5-1-2-10(20)11(22)13(17,18)19/h3-4,6,10-11,22H,1-2,5H2/t10?,11-/m0/s1. The molecule has 1 saturated heterocycles. The number of nitrogens with zero attached hydrogens (tertiary/aromatic N) is 2. The fourth-order valence-corrected chi connectivity index (χ4v) is 2.75. The number of hydrogen-bond donors (Lipinski definition) is 1. The summed E-state index contributed by atoms with van der Waals surface area (Å²) in [6.07, 6.45) is -12.5. The second-order valence-electron chi connectivity index (χ2n) is 5.35. The van der Waals surface area contributed by atoms with E-state index in [1.165, 1.54) is 0 Å². The Morgan fingerprint density at radius 2 is 1.88 bits per heavy atom. The van der Waals surface area contributed by atoms with Crippen LogP contribution in [0.25, 0.3) is 0 Å². The number of nitro benzene ring substituents is 1. The second-order valence-corrected chi connectivity index (χ2v) is 5.35. The van der Waals surface area contributed by atoms with Gasteiger partial charge in [0, 0.05) is 18.3 Å². The third-order valence-corrected chi connectivity index (χ3v) is 3.81. The highest BCUT2D eigenvalue weighted by Crippen LogP contribution is 2.40. The number of aliphatic hydroxyl groups is 1. The van der Waals surface area contributed by atoms with Gasteiger partial charge in [-0.15, -0.1) is 0 Å². The lowest BCUT2D eigenvalue weighted by Gasteiger charge is -2.31. The van der Waals surface area contributed by atoms with Crippen LogP contribution < -0.4 is 4.90 Å². The van der Waals surface area contributed by atoms with Gasteiger partial charge in [0.15, 0.2) is 6.10 Å². The van der Waals surface area contributed by atoms with Crippen LogP contribution in [0.1, 0.15) is 18.4 Å². The zero-order chi connectivity index (χ0) is 18.3. The molecule has 0 amide bonds. The Bertz CT molecular complexity index is 631. The summed E-state index contributed by atoms with van der Waals surface area (Å²) < 4.78 is 77.0. The second kappa shape index (κ2) is 6.11. The van der Waals surface area contributed by atoms with Crippen LogP contribution in [0.5, 0.6) is 0 Å². The Kier molecular flexibility index (Phi) is 4.66. The Morgan fingerprint density at radius 3 is 2.38 bits per heavy atom. The molecule has 0 aliphatic carbocycles. The predicted molar refractivity (Wildman–Crippen MR) is 70.5 cm³/mol.